The second kappa shape index (κ2) is 8.77. The van der Waals surface area contributed by atoms with Crippen molar-refractivity contribution >= 4 is 5.97 Å². The number of hydrogen-bond donors (Lipinski definition) is 1. The largest absolute Gasteiger partial charge is 0.497 e. The van der Waals surface area contributed by atoms with E-state index in [0.717, 1.165) is 40.8 Å². The number of rotatable bonds is 7. The Bertz CT molecular complexity index is 1190. The number of hydrogen-bond acceptors (Lipinski definition) is 4. The lowest BCUT2D eigenvalue weighted by Gasteiger charge is -2.17. The first-order valence-electron chi connectivity index (χ1n) is 11.1. The van der Waals surface area contributed by atoms with Crippen LogP contribution in [0.1, 0.15) is 52.7 Å². The van der Waals surface area contributed by atoms with Crippen LogP contribution in [0.15, 0.2) is 54.6 Å². The lowest BCUT2D eigenvalue weighted by molar-refractivity contribution is -0.137. The number of carbonyl (C=O) groups is 1. The Morgan fingerprint density at radius 2 is 1.91 bits per heavy atom. The molecule has 2 atom stereocenters. The van der Waals surface area contributed by atoms with Crippen molar-refractivity contribution in [1.82, 2.24) is 0 Å². The van der Waals surface area contributed by atoms with Gasteiger partial charge in [0.15, 0.2) is 0 Å². The van der Waals surface area contributed by atoms with E-state index in [0.29, 0.717) is 30.1 Å². The van der Waals surface area contributed by atoms with Gasteiger partial charge in [0, 0.05) is 23.1 Å². The minimum atomic E-state index is -0.847. The fourth-order valence-electron chi connectivity index (χ4n) is 4.87. The van der Waals surface area contributed by atoms with Crippen LogP contribution in [0, 0.1) is 5.82 Å². The molecule has 2 aliphatic rings. The van der Waals surface area contributed by atoms with Gasteiger partial charge in [0.1, 0.15) is 29.2 Å². The van der Waals surface area contributed by atoms with Crippen molar-refractivity contribution < 1.29 is 28.5 Å². The van der Waals surface area contributed by atoms with Crippen molar-refractivity contribution in [2.24, 2.45) is 0 Å². The molecule has 6 heteroatoms. The van der Waals surface area contributed by atoms with Gasteiger partial charge in [0.05, 0.1) is 20.1 Å². The highest BCUT2D eigenvalue weighted by Gasteiger charge is 2.31. The lowest BCUT2D eigenvalue weighted by atomic mass is 9.96. The molecule has 0 bridgehead atoms. The lowest BCUT2D eigenvalue weighted by Crippen LogP contribution is -2.07. The van der Waals surface area contributed by atoms with Crippen molar-refractivity contribution in [2.75, 3.05) is 13.7 Å². The molecule has 170 valence electrons. The quantitative estimate of drug-likeness (QED) is 0.521. The van der Waals surface area contributed by atoms with Crippen LogP contribution in [0.5, 0.6) is 17.2 Å². The van der Waals surface area contributed by atoms with E-state index in [-0.39, 0.29) is 24.3 Å². The molecular weight excluding hydrogens is 423 g/mol. The van der Waals surface area contributed by atoms with E-state index in [2.05, 4.69) is 0 Å². The Labute approximate surface area is 191 Å². The topological polar surface area (TPSA) is 65.0 Å². The number of halogens is 1. The average molecular weight is 448 g/mol. The van der Waals surface area contributed by atoms with Crippen LogP contribution >= 0.6 is 0 Å². The molecule has 5 rings (SSSR count). The van der Waals surface area contributed by atoms with Gasteiger partial charge in [-0.05, 0) is 60.2 Å². The SMILES string of the molecule is COc1ccc(Cc2ccc(F)c3c2CC[C@H]3Oc2ccc3c(c2)OC[C@H]3CC(=O)O)cc1. The molecule has 0 saturated heterocycles. The van der Waals surface area contributed by atoms with Gasteiger partial charge < -0.3 is 19.3 Å². The highest BCUT2D eigenvalue weighted by molar-refractivity contribution is 5.68. The third-order valence-electron chi connectivity index (χ3n) is 6.50. The van der Waals surface area contributed by atoms with Crippen molar-refractivity contribution in [2.45, 2.75) is 37.7 Å². The summed E-state index contributed by atoms with van der Waals surface area (Å²) in [4.78, 5) is 11.1. The van der Waals surface area contributed by atoms with Crippen LogP contribution in [0.2, 0.25) is 0 Å². The molecular formula is C27H25FO5. The zero-order valence-electron chi connectivity index (χ0n) is 18.3. The second-order valence-electron chi connectivity index (χ2n) is 8.57. The molecule has 0 aromatic heterocycles. The molecule has 1 aliphatic heterocycles. The summed E-state index contributed by atoms with van der Waals surface area (Å²) in [6.45, 7) is 0.348. The van der Waals surface area contributed by atoms with E-state index in [4.69, 9.17) is 19.3 Å². The van der Waals surface area contributed by atoms with Crippen molar-refractivity contribution in [3.05, 3.63) is 88.2 Å². The maximum Gasteiger partial charge on any atom is 0.304 e. The third-order valence-corrected chi connectivity index (χ3v) is 6.50. The van der Waals surface area contributed by atoms with Gasteiger partial charge in [-0.2, -0.15) is 0 Å². The second-order valence-corrected chi connectivity index (χ2v) is 8.57. The van der Waals surface area contributed by atoms with Gasteiger partial charge in [0.25, 0.3) is 0 Å². The van der Waals surface area contributed by atoms with Crippen molar-refractivity contribution in [3.63, 3.8) is 0 Å². The molecule has 1 heterocycles. The standard InChI is InChI=1S/C27H25FO5/c1-31-19-5-2-16(3-6-19)12-17-4-10-23(28)27-22(17)9-11-24(27)33-20-7-8-21-18(13-26(29)30)15-32-25(21)14-20/h2-8,10,14,18,24H,9,11-13,15H2,1H3,(H,29,30)/t18-,24-/m1/s1. The van der Waals surface area contributed by atoms with Crippen LogP contribution < -0.4 is 14.2 Å². The van der Waals surface area contributed by atoms with Gasteiger partial charge in [-0.15, -0.1) is 0 Å². The van der Waals surface area contributed by atoms with E-state index in [1.54, 1.807) is 13.2 Å². The summed E-state index contributed by atoms with van der Waals surface area (Å²) in [7, 11) is 1.64. The molecule has 0 amide bonds. The summed E-state index contributed by atoms with van der Waals surface area (Å²) in [5.74, 6) is 0.805. The van der Waals surface area contributed by atoms with E-state index in [9.17, 15) is 9.18 Å². The van der Waals surface area contributed by atoms with E-state index >= 15 is 0 Å². The molecule has 0 spiro atoms. The summed E-state index contributed by atoms with van der Waals surface area (Å²) in [6, 6.07) is 16.8. The monoisotopic (exact) mass is 448 g/mol. The first-order chi connectivity index (χ1) is 16.0. The summed E-state index contributed by atoms with van der Waals surface area (Å²) in [5, 5.41) is 9.08. The number of methoxy groups -OCH3 is 1. The van der Waals surface area contributed by atoms with Crippen LogP contribution in [-0.4, -0.2) is 24.8 Å². The van der Waals surface area contributed by atoms with Gasteiger partial charge in [0.2, 0.25) is 0 Å². The molecule has 3 aromatic carbocycles. The fourth-order valence-corrected chi connectivity index (χ4v) is 4.87. The third kappa shape index (κ3) is 4.25. The minimum absolute atomic E-state index is 0.0331. The molecule has 0 radical (unpaired) electrons. The molecule has 3 aromatic rings. The highest BCUT2D eigenvalue weighted by Crippen LogP contribution is 2.42. The fraction of sp³-hybridized carbons (Fsp3) is 0.296. The predicted molar refractivity (Wildman–Crippen MR) is 121 cm³/mol. The van der Waals surface area contributed by atoms with Crippen molar-refractivity contribution in [1.29, 1.82) is 0 Å². The minimum Gasteiger partial charge on any atom is -0.497 e. The first kappa shape index (κ1) is 21.3. The summed E-state index contributed by atoms with van der Waals surface area (Å²) >= 11 is 0. The van der Waals surface area contributed by atoms with Crippen molar-refractivity contribution in [3.8, 4) is 17.2 Å². The summed E-state index contributed by atoms with van der Waals surface area (Å²) in [6.07, 6.45) is 1.84. The molecule has 0 saturated carbocycles. The predicted octanol–water partition coefficient (Wildman–Crippen LogP) is 5.44. The van der Waals surface area contributed by atoms with Gasteiger partial charge in [-0.3, -0.25) is 4.79 Å². The average Bonchev–Trinajstić information content (AvgIpc) is 3.41. The Morgan fingerprint density at radius 1 is 1.12 bits per heavy atom. The molecule has 0 fully saturated rings. The molecule has 5 nitrogen and oxygen atoms in total. The van der Waals surface area contributed by atoms with Crippen LogP contribution in [0.25, 0.3) is 0 Å². The van der Waals surface area contributed by atoms with Gasteiger partial charge in [-0.1, -0.05) is 24.3 Å². The normalized spacial score (nSPS) is 18.4. The maximum absolute atomic E-state index is 14.9. The first-order valence-corrected chi connectivity index (χ1v) is 11.1. The Hall–Kier alpha value is -3.54. The maximum atomic E-state index is 14.9. The zero-order chi connectivity index (χ0) is 22.9. The number of benzene rings is 3. The van der Waals surface area contributed by atoms with Gasteiger partial charge in [-0.25, -0.2) is 4.39 Å². The molecule has 33 heavy (non-hydrogen) atoms. The van der Waals surface area contributed by atoms with Gasteiger partial charge >= 0.3 is 5.97 Å². The van der Waals surface area contributed by atoms with Crippen LogP contribution in [-0.2, 0) is 17.6 Å². The van der Waals surface area contributed by atoms with E-state index < -0.39 is 5.97 Å². The zero-order valence-corrected chi connectivity index (χ0v) is 18.3. The number of carboxylic acids is 1. The summed E-state index contributed by atoms with van der Waals surface area (Å²) < 4.78 is 32.0. The Balaban J connectivity index is 1.36. The smallest absolute Gasteiger partial charge is 0.304 e. The Kier molecular flexibility index (Phi) is 5.67. The molecule has 0 unspecified atom stereocenters. The summed E-state index contributed by atoms with van der Waals surface area (Å²) in [5.41, 5.74) is 4.78. The molecule has 1 N–H and O–H groups in total. The number of aliphatic carboxylic acids is 1. The van der Waals surface area contributed by atoms with Crippen LogP contribution in [0.3, 0.4) is 0 Å². The van der Waals surface area contributed by atoms with E-state index in [1.807, 2.05) is 42.5 Å². The van der Waals surface area contributed by atoms with E-state index in [1.165, 1.54) is 6.07 Å². The number of carboxylic acid groups (broad SMARTS) is 1. The number of fused-ring (bicyclic) bond motifs is 2. The number of ether oxygens (including phenoxy) is 3. The Morgan fingerprint density at radius 3 is 2.67 bits per heavy atom. The van der Waals surface area contributed by atoms with Crippen LogP contribution in [0.4, 0.5) is 4.39 Å². The molecule has 1 aliphatic carbocycles. The highest BCUT2D eigenvalue weighted by atomic mass is 19.1.